The first kappa shape index (κ1) is 37.9. The molecule has 5 heteroatoms. The van der Waals surface area contributed by atoms with Gasteiger partial charge >= 0.3 is 0 Å². The van der Waals surface area contributed by atoms with E-state index in [9.17, 15) is 0 Å². The van der Waals surface area contributed by atoms with Gasteiger partial charge in [0.05, 0.1) is 5.69 Å². The topological polar surface area (TPSA) is 55.1 Å². The molecule has 0 amide bonds. The molecule has 3 aliphatic rings. The minimum Gasteiger partial charge on any atom is -0.456 e. The maximum absolute atomic E-state index is 6.32. The Morgan fingerprint density at radius 1 is 0.400 bits per heavy atom. The number of hydrogen-bond donors (Lipinski definition) is 0. The third kappa shape index (κ3) is 5.24. The molecule has 5 nitrogen and oxygen atoms in total. The van der Waals surface area contributed by atoms with Gasteiger partial charge in [-0.1, -0.05) is 169 Å². The second kappa shape index (κ2) is 13.2. The van der Waals surface area contributed by atoms with E-state index in [0.717, 1.165) is 44.4 Å². The van der Waals surface area contributed by atoms with Crippen LogP contribution in [-0.2, 0) is 16.2 Å². The average Bonchev–Trinajstić information content (AvgIpc) is 3.98. The van der Waals surface area contributed by atoms with E-state index in [1.165, 1.54) is 66.8 Å². The molecule has 13 rings (SSSR count). The predicted octanol–water partition coefficient (Wildman–Crippen LogP) is 15.5. The lowest BCUT2D eigenvalue weighted by atomic mass is 9.80. The second-order valence-electron chi connectivity index (χ2n) is 19.6. The second-order valence-corrected chi connectivity index (χ2v) is 19.6. The van der Waals surface area contributed by atoms with Crippen molar-refractivity contribution in [1.29, 1.82) is 0 Å². The number of fused-ring (bicyclic) bond motifs is 12. The maximum Gasteiger partial charge on any atom is 0.238 e. The van der Waals surface area contributed by atoms with Crippen molar-refractivity contribution in [3.63, 3.8) is 0 Å². The summed E-state index contributed by atoms with van der Waals surface area (Å²) in [5, 5.41) is 2.08. The van der Waals surface area contributed by atoms with Gasteiger partial charge in [0.1, 0.15) is 11.2 Å². The quantitative estimate of drug-likeness (QED) is 0.173. The summed E-state index contributed by atoms with van der Waals surface area (Å²) >= 11 is 0. The van der Waals surface area contributed by atoms with Crippen molar-refractivity contribution in [1.82, 2.24) is 15.0 Å². The minimum absolute atomic E-state index is 0.210. The van der Waals surface area contributed by atoms with Gasteiger partial charge in [-0.2, -0.15) is 9.97 Å². The summed E-state index contributed by atoms with van der Waals surface area (Å²) in [6.07, 6.45) is 0. The van der Waals surface area contributed by atoms with Gasteiger partial charge in [-0.3, -0.25) is 4.90 Å². The van der Waals surface area contributed by atoms with Crippen molar-refractivity contribution in [2.24, 2.45) is 0 Å². The van der Waals surface area contributed by atoms with Crippen LogP contribution >= 0.6 is 0 Å². The zero-order valence-electron chi connectivity index (χ0n) is 37.4. The van der Waals surface area contributed by atoms with Crippen molar-refractivity contribution in [3.05, 3.63) is 203 Å². The molecule has 0 unspecified atom stereocenters. The summed E-state index contributed by atoms with van der Waals surface area (Å²) in [7, 11) is 0. The Bertz CT molecular complexity index is 3660. The number of para-hydroxylation sites is 1. The molecule has 312 valence electrons. The number of benzene rings is 8. The molecule has 0 aliphatic heterocycles. The van der Waals surface area contributed by atoms with Crippen LogP contribution in [0, 0.1) is 0 Å². The molecular weight excluding hydrogens is 793 g/mol. The molecule has 3 aliphatic carbocycles. The molecule has 0 saturated heterocycles. The summed E-state index contributed by atoms with van der Waals surface area (Å²) in [4.78, 5) is 19.0. The standard InChI is InChI=1S/C60H46N4O/c1-58(2)47-25-13-9-20-42(47)53-48(58)26-16-27-50(53)64(36-30-31-39-37-17-7-11-23-45(37)59(3,4)49(39)34-36)57-62-55(35-29-32-52-44(33-35)40-19-10-14-28-51(40)65-52)61-56(63-57)43-22-15-21-41-38-18-8-12-24-46(38)60(5,6)54(41)43/h7-34H,1-6H3. The summed E-state index contributed by atoms with van der Waals surface area (Å²) in [5.74, 6) is 1.78. The first-order valence-corrected chi connectivity index (χ1v) is 22.7. The van der Waals surface area contributed by atoms with Crippen molar-refractivity contribution >= 4 is 39.3 Å². The fraction of sp³-hybridized carbons (Fsp3) is 0.150. The van der Waals surface area contributed by atoms with E-state index in [0.29, 0.717) is 17.6 Å². The average molecular weight is 839 g/mol. The van der Waals surface area contributed by atoms with Crippen molar-refractivity contribution in [2.45, 2.75) is 57.8 Å². The highest BCUT2D eigenvalue weighted by Gasteiger charge is 2.41. The molecule has 2 heterocycles. The third-order valence-corrected chi connectivity index (χ3v) is 14.9. The Morgan fingerprint density at radius 3 is 1.77 bits per heavy atom. The first-order valence-electron chi connectivity index (χ1n) is 22.7. The fourth-order valence-electron chi connectivity index (χ4n) is 11.7. The van der Waals surface area contributed by atoms with Crippen LogP contribution in [0.1, 0.15) is 74.9 Å². The smallest absolute Gasteiger partial charge is 0.238 e. The van der Waals surface area contributed by atoms with E-state index in [1.807, 2.05) is 12.1 Å². The van der Waals surface area contributed by atoms with Crippen LogP contribution in [0.5, 0.6) is 0 Å². The molecule has 0 atom stereocenters. The van der Waals surface area contributed by atoms with Gasteiger partial charge in [-0.05, 0) is 104 Å². The zero-order valence-corrected chi connectivity index (χ0v) is 37.4. The molecule has 0 saturated carbocycles. The molecule has 0 radical (unpaired) electrons. The number of anilines is 3. The monoisotopic (exact) mass is 838 g/mol. The van der Waals surface area contributed by atoms with Gasteiger partial charge in [0, 0.05) is 49.4 Å². The molecule has 65 heavy (non-hydrogen) atoms. The largest absolute Gasteiger partial charge is 0.456 e. The van der Waals surface area contributed by atoms with Crippen LogP contribution in [0.3, 0.4) is 0 Å². The van der Waals surface area contributed by atoms with Crippen LogP contribution in [0.25, 0.3) is 78.1 Å². The highest BCUT2D eigenvalue weighted by atomic mass is 16.3. The Hall–Kier alpha value is -7.63. The van der Waals surface area contributed by atoms with Crippen molar-refractivity contribution < 1.29 is 4.42 Å². The summed E-state index contributed by atoms with van der Waals surface area (Å²) < 4.78 is 6.32. The fourth-order valence-corrected chi connectivity index (χ4v) is 11.7. The maximum atomic E-state index is 6.32. The van der Waals surface area contributed by atoms with Gasteiger partial charge in [0.2, 0.25) is 5.95 Å². The van der Waals surface area contributed by atoms with Crippen molar-refractivity contribution in [3.8, 4) is 56.2 Å². The number of hydrogen-bond acceptors (Lipinski definition) is 5. The molecule has 10 aromatic rings. The normalized spacial score (nSPS) is 15.3. The Balaban J connectivity index is 1.11. The molecule has 0 N–H and O–H groups in total. The van der Waals surface area contributed by atoms with Gasteiger partial charge < -0.3 is 4.42 Å². The van der Waals surface area contributed by atoms with E-state index in [-0.39, 0.29) is 16.2 Å². The van der Waals surface area contributed by atoms with E-state index in [2.05, 4.69) is 204 Å². The van der Waals surface area contributed by atoms with Gasteiger partial charge in [0.15, 0.2) is 11.6 Å². The van der Waals surface area contributed by atoms with Gasteiger partial charge in [-0.15, -0.1) is 0 Å². The molecule has 0 spiro atoms. The minimum atomic E-state index is -0.292. The van der Waals surface area contributed by atoms with Crippen LogP contribution in [0.15, 0.2) is 174 Å². The molecule has 0 bridgehead atoms. The highest BCUT2D eigenvalue weighted by molar-refractivity contribution is 6.06. The van der Waals surface area contributed by atoms with Crippen LogP contribution < -0.4 is 4.90 Å². The van der Waals surface area contributed by atoms with Crippen LogP contribution in [-0.4, -0.2) is 15.0 Å². The summed E-state index contributed by atoms with van der Waals surface area (Å²) in [5.41, 5.74) is 20.1. The SMILES string of the molecule is CC1(C)c2ccccc2-c2ccc(N(c3nc(-c4ccc5oc6ccccc6c5c4)nc(-c4cccc5c4C(C)(C)c4ccccc4-5)n3)c3cccc4c3-c3ccccc3C4(C)C)cc21. The summed E-state index contributed by atoms with van der Waals surface area (Å²) in [6.45, 7) is 14.0. The van der Waals surface area contributed by atoms with E-state index in [1.54, 1.807) is 0 Å². The first-order chi connectivity index (χ1) is 31.5. The lowest BCUT2D eigenvalue weighted by Gasteiger charge is -2.29. The third-order valence-electron chi connectivity index (χ3n) is 14.9. The number of nitrogens with zero attached hydrogens (tertiary/aromatic N) is 4. The lowest BCUT2D eigenvalue weighted by molar-refractivity contribution is 0.660. The van der Waals surface area contributed by atoms with Gasteiger partial charge in [-0.25, -0.2) is 4.98 Å². The van der Waals surface area contributed by atoms with Crippen molar-refractivity contribution in [2.75, 3.05) is 4.90 Å². The molecule has 2 aromatic heterocycles. The number of rotatable bonds is 5. The molecule has 0 fully saturated rings. The number of aromatic nitrogens is 3. The summed E-state index contributed by atoms with van der Waals surface area (Å²) in [6, 6.07) is 61.3. The Labute approximate surface area is 379 Å². The van der Waals surface area contributed by atoms with Crippen LogP contribution in [0.2, 0.25) is 0 Å². The van der Waals surface area contributed by atoms with Crippen LogP contribution in [0.4, 0.5) is 17.3 Å². The Kier molecular flexibility index (Phi) is 7.70. The van der Waals surface area contributed by atoms with E-state index < -0.39 is 0 Å². The molecule has 8 aromatic carbocycles. The lowest BCUT2D eigenvalue weighted by Crippen LogP contribution is -2.20. The zero-order chi connectivity index (χ0) is 44.0. The predicted molar refractivity (Wildman–Crippen MR) is 265 cm³/mol. The van der Waals surface area contributed by atoms with E-state index in [4.69, 9.17) is 19.4 Å². The van der Waals surface area contributed by atoms with E-state index >= 15 is 0 Å². The highest BCUT2D eigenvalue weighted by Crippen LogP contribution is 2.56. The molecular formula is C60H46N4O. The number of furan rings is 1. The van der Waals surface area contributed by atoms with Gasteiger partial charge in [0.25, 0.3) is 0 Å². The Morgan fingerprint density at radius 2 is 0.969 bits per heavy atom.